The van der Waals surface area contributed by atoms with Crippen LogP contribution < -0.4 is 5.32 Å². The van der Waals surface area contributed by atoms with Crippen molar-refractivity contribution in [2.45, 2.75) is 6.92 Å². The van der Waals surface area contributed by atoms with Crippen LogP contribution in [0.5, 0.6) is 0 Å². The third-order valence-corrected chi connectivity index (χ3v) is 3.03. The molecule has 0 aliphatic heterocycles. The number of amides is 1. The Balaban J connectivity index is 1.86. The Kier molecular flexibility index (Phi) is 5.78. The molecule has 1 N–H and O–H groups in total. The summed E-state index contributed by atoms with van der Waals surface area (Å²) in [6.45, 7) is 1.27. The molecule has 0 fully saturated rings. The Labute approximate surface area is 137 Å². The van der Waals surface area contributed by atoms with Gasteiger partial charge in [-0.05, 0) is 30.7 Å². The van der Waals surface area contributed by atoms with E-state index in [1.807, 2.05) is 36.5 Å². The van der Waals surface area contributed by atoms with E-state index in [2.05, 4.69) is 0 Å². The summed E-state index contributed by atoms with van der Waals surface area (Å²) in [5.41, 5.74) is 1.27. The third-order valence-electron chi connectivity index (χ3n) is 3.03. The first-order valence-corrected chi connectivity index (χ1v) is 7.11. The van der Waals surface area contributed by atoms with Crippen molar-refractivity contribution < 1.29 is 23.1 Å². The normalized spacial score (nSPS) is 10.6. The molecule has 0 heterocycles. The van der Waals surface area contributed by atoms with Crippen molar-refractivity contribution in [2.24, 2.45) is 0 Å². The van der Waals surface area contributed by atoms with Gasteiger partial charge in [-0.1, -0.05) is 35.9 Å². The second-order valence-corrected chi connectivity index (χ2v) is 5.00. The van der Waals surface area contributed by atoms with Crippen molar-refractivity contribution in [3.63, 3.8) is 0 Å². The third kappa shape index (κ3) is 5.01. The second kappa shape index (κ2) is 8.01. The predicted octanol–water partition coefficient (Wildman–Crippen LogP) is 3.47. The van der Waals surface area contributed by atoms with E-state index in [1.165, 1.54) is 12.1 Å². The van der Waals surface area contributed by atoms with Crippen molar-refractivity contribution in [1.82, 2.24) is 0 Å². The van der Waals surface area contributed by atoms with Crippen LogP contribution in [0.15, 0.2) is 48.5 Å². The van der Waals surface area contributed by atoms with Crippen LogP contribution in [0, 0.1) is 18.6 Å². The summed E-state index contributed by atoms with van der Waals surface area (Å²) >= 11 is 0. The van der Waals surface area contributed by atoms with Crippen LogP contribution in [-0.4, -0.2) is 18.5 Å². The molecule has 6 heteroatoms. The number of anilines is 1. The van der Waals surface area contributed by atoms with E-state index >= 15 is 0 Å². The summed E-state index contributed by atoms with van der Waals surface area (Å²) in [7, 11) is 0. The molecule has 0 unspecified atom stereocenters. The summed E-state index contributed by atoms with van der Waals surface area (Å²) < 4.78 is 31.5. The van der Waals surface area contributed by atoms with Gasteiger partial charge in [0.1, 0.15) is 17.3 Å². The maximum absolute atomic E-state index is 13.4. The number of halogens is 2. The van der Waals surface area contributed by atoms with Gasteiger partial charge in [0.2, 0.25) is 0 Å². The van der Waals surface area contributed by atoms with E-state index in [0.717, 1.165) is 23.3 Å². The molecule has 4 nitrogen and oxygen atoms in total. The molecule has 2 rings (SSSR count). The number of hydrogen-bond donors (Lipinski definition) is 1. The molecule has 0 aromatic heterocycles. The van der Waals surface area contributed by atoms with E-state index in [-0.39, 0.29) is 0 Å². The molecule has 0 bridgehead atoms. The fraction of sp³-hybridized carbons (Fsp3) is 0.111. The average molecular weight is 331 g/mol. The molecular formula is C18H15F2NO3. The molecule has 0 spiro atoms. The Morgan fingerprint density at radius 3 is 2.46 bits per heavy atom. The molecule has 2 aromatic rings. The lowest BCUT2D eigenvalue weighted by Crippen LogP contribution is -2.21. The van der Waals surface area contributed by atoms with Crippen molar-refractivity contribution in [2.75, 3.05) is 11.9 Å². The highest BCUT2D eigenvalue weighted by Gasteiger charge is 2.12. The first kappa shape index (κ1) is 17.3. The second-order valence-electron chi connectivity index (χ2n) is 5.00. The van der Waals surface area contributed by atoms with Gasteiger partial charge in [0.25, 0.3) is 5.91 Å². The molecule has 1 amide bonds. The number of esters is 1. The van der Waals surface area contributed by atoms with Crippen molar-refractivity contribution >= 4 is 23.6 Å². The van der Waals surface area contributed by atoms with Gasteiger partial charge in [0.05, 0.1) is 0 Å². The van der Waals surface area contributed by atoms with Gasteiger partial charge in [0, 0.05) is 6.08 Å². The number of hydrogen-bond acceptors (Lipinski definition) is 3. The Hall–Kier alpha value is -3.02. The van der Waals surface area contributed by atoms with E-state index in [9.17, 15) is 18.4 Å². The minimum Gasteiger partial charge on any atom is -0.452 e. The highest BCUT2D eigenvalue weighted by Crippen LogP contribution is 2.17. The number of nitrogens with one attached hydrogen (secondary N) is 1. The number of para-hydroxylation sites is 1. The van der Waals surface area contributed by atoms with E-state index in [4.69, 9.17) is 4.74 Å². The van der Waals surface area contributed by atoms with Gasteiger partial charge in [-0.15, -0.1) is 0 Å². The van der Waals surface area contributed by atoms with Gasteiger partial charge in [-0.2, -0.15) is 0 Å². The van der Waals surface area contributed by atoms with Crippen LogP contribution in [0.3, 0.4) is 0 Å². The zero-order valence-corrected chi connectivity index (χ0v) is 12.9. The van der Waals surface area contributed by atoms with E-state index < -0.39 is 35.8 Å². The highest BCUT2D eigenvalue weighted by atomic mass is 19.1. The summed E-state index contributed by atoms with van der Waals surface area (Å²) in [5, 5.41) is 2.02. The molecular weight excluding hydrogens is 316 g/mol. The summed E-state index contributed by atoms with van der Waals surface area (Å²) in [4.78, 5) is 23.1. The zero-order chi connectivity index (χ0) is 17.5. The smallest absolute Gasteiger partial charge is 0.331 e. The highest BCUT2D eigenvalue weighted by molar-refractivity contribution is 5.94. The molecule has 0 aliphatic rings. The topological polar surface area (TPSA) is 55.4 Å². The fourth-order valence-corrected chi connectivity index (χ4v) is 1.92. The van der Waals surface area contributed by atoms with Crippen molar-refractivity contribution in [3.05, 3.63) is 71.3 Å². The molecule has 24 heavy (non-hydrogen) atoms. The minimum absolute atomic E-state index is 0.575. The zero-order valence-electron chi connectivity index (χ0n) is 12.9. The lowest BCUT2D eigenvalue weighted by molar-refractivity contribution is -0.142. The quantitative estimate of drug-likeness (QED) is 0.674. The first-order valence-electron chi connectivity index (χ1n) is 7.11. The molecule has 124 valence electrons. The number of rotatable bonds is 5. The Morgan fingerprint density at radius 1 is 1.12 bits per heavy atom. The molecule has 0 atom stereocenters. The number of benzene rings is 2. The Bertz CT molecular complexity index is 767. The standard InChI is InChI=1S/C18H15F2NO3/c1-12-4-2-5-13(10-12)8-9-17(23)24-11-16(22)21-18-14(19)6-3-7-15(18)20/h2-10H,11H2,1H3,(H,21,22)/b9-8+. The molecule has 0 aliphatic carbocycles. The van der Waals surface area contributed by atoms with Gasteiger partial charge in [-0.25, -0.2) is 13.6 Å². The summed E-state index contributed by atoms with van der Waals surface area (Å²) in [6, 6.07) is 10.6. The molecule has 0 saturated heterocycles. The van der Waals surface area contributed by atoms with Gasteiger partial charge in [-0.3, -0.25) is 4.79 Å². The van der Waals surface area contributed by atoms with Crippen LogP contribution in [0.4, 0.5) is 14.5 Å². The van der Waals surface area contributed by atoms with Crippen molar-refractivity contribution in [3.8, 4) is 0 Å². The number of carbonyl (C=O) groups is 2. The SMILES string of the molecule is Cc1cccc(/C=C/C(=O)OCC(=O)Nc2c(F)cccc2F)c1. The number of aryl methyl sites for hydroxylation is 1. The van der Waals surface area contributed by atoms with E-state index in [0.29, 0.717) is 0 Å². The summed E-state index contributed by atoms with van der Waals surface area (Å²) in [5.74, 6) is -3.39. The molecule has 0 saturated carbocycles. The lowest BCUT2D eigenvalue weighted by atomic mass is 10.1. The summed E-state index contributed by atoms with van der Waals surface area (Å²) in [6.07, 6.45) is 2.72. The Morgan fingerprint density at radius 2 is 1.79 bits per heavy atom. The molecule has 0 radical (unpaired) electrons. The number of ether oxygens (including phenoxy) is 1. The minimum atomic E-state index is -0.908. The largest absolute Gasteiger partial charge is 0.452 e. The maximum Gasteiger partial charge on any atom is 0.331 e. The van der Waals surface area contributed by atoms with Crippen LogP contribution >= 0.6 is 0 Å². The van der Waals surface area contributed by atoms with Gasteiger partial charge < -0.3 is 10.1 Å². The first-order chi connectivity index (χ1) is 11.5. The lowest BCUT2D eigenvalue weighted by Gasteiger charge is -2.07. The van der Waals surface area contributed by atoms with E-state index in [1.54, 1.807) is 6.08 Å². The fourth-order valence-electron chi connectivity index (χ4n) is 1.92. The maximum atomic E-state index is 13.4. The predicted molar refractivity (Wildman–Crippen MR) is 86.2 cm³/mol. The van der Waals surface area contributed by atoms with Gasteiger partial charge >= 0.3 is 5.97 Å². The van der Waals surface area contributed by atoms with Crippen LogP contribution in [0.1, 0.15) is 11.1 Å². The molecule has 2 aromatic carbocycles. The average Bonchev–Trinajstić information content (AvgIpc) is 2.54. The van der Waals surface area contributed by atoms with Crippen molar-refractivity contribution in [1.29, 1.82) is 0 Å². The van der Waals surface area contributed by atoms with Gasteiger partial charge in [0.15, 0.2) is 6.61 Å². The number of carbonyl (C=O) groups excluding carboxylic acids is 2. The van der Waals surface area contributed by atoms with Crippen LogP contribution in [0.2, 0.25) is 0 Å². The monoisotopic (exact) mass is 331 g/mol. The van der Waals surface area contributed by atoms with Crippen LogP contribution in [0.25, 0.3) is 6.08 Å². The van der Waals surface area contributed by atoms with Crippen LogP contribution in [-0.2, 0) is 14.3 Å².